The molecule has 1 aliphatic heterocycles. The molecule has 1 aliphatic rings. The molecule has 11 nitrogen and oxygen atoms in total. The van der Waals surface area contributed by atoms with Crippen LogP contribution >= 0.6 is 11.6 Å². The van der Waals surface area contributed by atoms with Crippen molar-refractivity contribution in [1.82, 2.24) is 25.1 Å². The third-order valence-corrected chi connectivity index (χ3v) is 6.76. The zero-order valence-corrected chi connectivity index (χ0v) is 24.9. The smallest absolute Gasteiger partial charge is 0.417 e. The van der Waals surface area contributed by atoms with Gasteiger partial charge in [-0.25, -0.2) is 19.6 Å². The number of hydrogen-bond donors (Lipinski definition) is 3. The summed E-state index contributed by atoms with van der Waals surface area (Å²) in [7, 11) is 0. The van der Waals surface area contributed by atoms with E-state index < -0.39 is 40.4 Å². The summed E-state index contributed by atoms with van der Waals surface area (Å²) in [5.74, 6) is -0.468. The number of nitrogens with two attached hydrogens (primary N) is 1. The topological polar surface area (TPSA) is 143 Å². The van der Waals surface area contributed by atoms with E-state index >= 15 is 0 Å². The fraction of sp³-hybridized carbons (Fsp3) is 0.345. The lowest BCUT2D eigenvalue weighted by Gasteiger charge is -2.35. The number of nitrogen functional groups attached to an aromatic ring is 1. The van der Waals surface area contributed by atoms with Crippen molar-refractivity contribution in [3.63, 3.8) is 0 Å². The van der Waals surface area contributed by atoms with Crippen LogP contribution in [0.2, 0.25) is 5.02 Å². The van der Waals surface area contributed by atoms with E-state index in [2.05, 4.69) is 20.6 Å². The molecule has 3 aromatic rings. The average molecular weight is 634 g/mol. The molecular formula is C29H31ClF3N7O4. The maximum atomic E-state index is 13.3. The van der Waals surface area contributed by atoms with Crippen molar-refractivity contribution < 1.29 is 32.3 Å². The molecule has 1 aromatic heterocycles. The Labute approximate surface area is 256 Å². The molecule has 0 saturated carbocycles. The largest absolute Gasteiger partial charge is 0.444 e. The zero-order chi connectivity index (χ0) is 32.2. The van der Waals surface area contributed by atoms with Gasteiger partial charge in [0, 0.05) is 44.0 Å². The molecular weight excluding hydrogens is 603 g/mol. The van der Waals surface area contributed by atoms with Crippen molar-refractivity contribution in [1.29, 1.82) is 0 Å². The monoisotopic (exact) mass is 633 g/mol. The van der Waals surface area contributed by atoms with Crippen LogP contribution in [0.4, 0.5) is 34.3 Å². The number of hydrogen-bond acceptors (Lipinski definition) is 7. The lowest BCUT2D eigenvalue weighted by Crippen LogP contribution is -2.51. The van der Waals surface area contributed by atoms with E-state index in [0.717, 1.165) is 12.1 Å². The van der Waals surface area contributed by atoms with Gasteiger partial charge in [0.15, 0.2) is 11.5 Å². The fourth-order valence-electron chi connectivity index (χ4n) is 4.28. The third kappa shape index (κ3) is 8.28. The van der Waals surface area contributed by atoms with Crippen LogP contribution in [0.25, 0.3) is 11.3 Å². The van der Waals surface area contributed by atoms with E-state index in [1.54, 1.807) is 49.9 Å². The van der Waals surface area contributed by atoms with E-state index in [4.69, 9.17) is 22.1 Å². The number of rotatable bonds is 5. The first kappa shape index (κ1) is 32.3. The van der Waals surface area contributed by atoms with Crippen molar-refractivity contribution in [3.05, 3.63) is 70.5 Å². The first-order valence-electron chi connectivity index (χ1n) is 13.5. The molecule has 15 heteroatoms. The highest BCUT2D eigenvalue weighted by Crippen LogP contribution is 2.36. The highest BCUT2D eigenvalue weighted by Gasteiger charge is 2.33. The van der Waals surface area contributed by atoms with Gasteiger partial charge in [-0.2, -0.15) is 13.2 Å². The molecule has 0 aliphatic carbocycles. The molecule has 234 valence electrons. The first-order valence-corrected chi connectivity index (χ1v) is 13.9. The summed E-state index contributed by atoms with van der Waals surface area (Å²) < 4.78 is 44.8. The van der Waals surface area contributed by atoms with Gasteiger partial charge in [-0.15, -0.1) is 0 Å². The Morgan fingerprint density at radius 3 is 2.36 bits per heavy atom. The summed E-state index contributed by atoms with van der Waals surface area (Å²) in [6, 6.07) is 9.25. The fourth-order valence-corrected chi connectivity index (χ4v) is 4.51. The van der Waals surface area contributed by atoms with E-state index in [1.807, 2.05) is 0 Å². The van der Waals surface area contributed by atoms with E-state index in [0.29, 0.717) is 16.8 Å². The Hall–Kier alpha value is -4.59. The van der Waals surface area contributed by atoms with E-state index in [-0.39, 0.29) is 49.9 Å². The molecule has 1 fully saturated rings. The van der Waals surface area contributed by atoms with Crippen molar-refractivity contribution in [2.75, 3.05) is 37.2 Å². The number of piperazine rings is 1. The number of ether oxygens (including phenoxy) is 1. The van der Waals surface area contributed by atoms with Gasteiger partial charge in [-0.05, 0) is 50.6 Å². The number of nitrogens with zero attached hydrogens (tertiary/aromatic N) is 4. The predicted octanol–water partition coefficient (Wildman–Crippen LogP) is 5.41. The van der Waals surface area contributed by atoms with Gasteiger partial charge < -0.3 is 30.9 Å². The molecule has 4 amide bonds. The number of halogens is 4. The van der Waals surface area contributed by atoms with Crippen LogP contribution in [0.3, 0.4) is 0 Å². The van der Waals surface area contributed by atoms with Crippen LogP contribution in [-0.2, 0) is 17.5 Å². The number of carbonyl (C=O) groups is 3. The van der Waals surface area contributed by atoms with Gasteiger partial charge in [0.1, 0.15) is 5.60 Å². The lowest BCUT2D eigenvalue weighted by atomic mass is 10.1. The Morgan fingerprint density at radius 1 is 1.02 bits per heavy atom. The van der Waals surface area contributed by atoms with Crippen molar-refractivity contribution in [2.24, 2.45) is 0 Å². The van der Waals surface area contributed by atoms with Crippen LogP contribution in [0.15, 0.2) is 48.7 Å². The molecule has 2 aromatic carbocycles. The molecule has 0 atom stereocenters. The van der Waals surface area contributed by atoms with Crippen molar-refractivity contribution in [3.8, 4) is 11.3 Å². The number of urea groups is 1. The predicted molar refractivity (Wildman–Crippen MR) is 158 cm³/mol. The quantitative estimate of drug-likeness (QED) is 0.341. The van der Waals surface area contributed by atoms with Gasteiger partial charge in [-0.3, -0.25) is 4.79 Å². The Morgan fingerprint density at radius 2 is 1.70 bits per heavy atom. The number of nitrogens with one attached hydrogen (secondary N) is 2. The van der Waals surface area contributed by atoms with Crippen molar-refractivity contribution >= 4 is 41.1 Å². The third-order valence-electron chi connectivity index (χ3n) is 6.43. The van der Waals surface area contributed by atoms with Gasteiger partial charge in [-0.1, -0.05) is 29.8 Å². The summed E-state index contributed by atoms with van der Waals surface area (Å²) in [5, 5.41) is 4.47. The molecule has 4 rings (SSSR count). The summed E-state index contributed by atoms with van der Waals surface area (Å²) in [4.78, 5) is 49.7. The van der Waals surface area contributed by atoms with Gasteiger partial charge >= 0.3 is 18.3 Å². The van der Waals surface area contributed by atoms with Crippen LogP contribution in [0.5, 0.6) is 0 Å². The standard InChI is InChI=1S/C29H31ClF3N7O4/c1-28(2,3)44-27(43)40-11-9-39(10-12-40)25(41)23-24(34)35-16-22(38-23)18-6-4-5-17(13-18)15-36-26(42)37-19-7-8-21(30)20(14-19)29(31,32)33/h4-8,13-14,16H,9-12,15H2,1-3H3,(H2,34,35)(H2,36,37,42). The summed E-state index contributed by atoms with van der Waals surface area (Å²) in [6.45, 7) is 6.49. The van der Waals surface area contributed by atoms with E-state index in [9.17, 15) is 27.6 Å². The molecule has 0 bridgehead atoms. The normalized spacial score (nSPS) is 13.8. The number of carbonyl (C=O) groups excluding carboxylic acids is 3. The molecule has 1 saturated heterocycles. The highest BCUT2D eigenvalue weighted by atomic mass is 35.5. The van der Waals surface area contributed by atoms with Crippen LogP contribution in [0.1, 0.15) is 42.4 Å². The summed E-state index contributed by atoms with van der Waals surface area (Å²) in [6.07, 6.45) is -3.69. The number of benzene rings is 2. The minimum Gasteiger partial charge on any atom is -0.444 e. The van der Waals surface area contributed by atoms with Crippen LogP contribution in [-0.4, -0.2) is 69.6 Å². The maximum absolute atomic E-state index is 13.3. The number of alkyl halides is 3. The van der Waals surface area contributed by atoms with Gasteiger partial charge in [0.25, 0.3) is 5.91 Å². The molecule has 4 N–H and O–H groups in total. The minimum absolute atomic E-state index is 0.0303. The first-order chi connectivity index (χ1) is 20.6. The summed E-state index contributed by atoms with van der Waals surface area (Å²) in [5.41, 5.74) is 5.81. The van der Waals surface area contributed by atoms with Crippen LogP contribution < -0.4 is 16.4 Å². The Bertz CT molecular complexity index is 1550. The molecule has 2 heterocycles. The SMILES string of the molecule is CC(C)(C)OC(=O)N1CCN(C(=O)c2nc(-c3cccc(CNC(=O)Nc4ccc(Cl)c(C(F)(F)F)c4)c3)cnc2N)CC1. The Balaban J connectivity index is 1.39. The number of anilines is 2. The Kier molecular flexibility index (Phi) is 9.52. The molecule has 0 spiro atoms. The van der Waals surface area contributed by atoms with Gasteiger partial charge in [0.2, 0.25) is 0 Å². The molecule has 44 heavy (non-hydrogen) atoms. The zero-order valence-electron chi connectivity index (χ0n) is 24.2. The lowest BCUT2D eigenvalue weighted by molar-refractivity contribution is -0.137. The molecule has 0 radical (unpaired) electrons. The van der Waals surface area contributed by atoms with Crippen LogP contribution in [0, 0.1) is 0 Å². The number of aromatic nitrogens is 2. The average Bonchev–Trinajstić information content (AvgIpc) is 2.96. The number of amides is 4. The second-order valence-electron chi connectivity index (χ2n) is 10.9. The minimum atomic E-state index is -4.67. The molecule has 0 unspecified atom stereocenters. The van der Waals surface area contributed by atoms with E-state index in [1.165, 1.54) is 17.2 Å². The highest BCUT2D eigenvalue weighted by molar-refractivity contribution is 6.31. The summed E-state index contributed by atoms with van der Waals surface area (Å²) >= 11 is 5.63. The second kappa shape index (κ2) is 13.0. The van der Waals surface area contributed by atoms with Crippen molar-refractivity contribution in [2.45, 2.75) is 39.1 Å². The maximum Gasteiger partial charge on any atom is 0.417 e. The van der Waals surface area contributed by atoms with Gasteiger partial charge in [0.05, 0.1) is 22.5 Å². The second-order valence-corrected chi connectivity index (χ2v) is 11.4.